The molecule has 154 valence electrons. The third-order valence-electron chi connectivity index (χ3n) is 4.17. The Bertz CT molecular complexity index is 1120. The average molecular weight is 433 g/mol. The molecule has 0 bridgehead atoms. The number of pyridine rings is 1. The standard InChI is InChI=1S/C21H15ClF2N2O4/c1-11(14-4-2-3-5-15(14)21(28)29)26-19(27)16-8-12(22)10-25-20(16)30-18-9-13(23)6-7-17(18)24/h2-11H,1H3,(H,26,27)(H,28,29)/t11-/m0/s1. The van der Waals surface area contributed by atoms with Crippen LogP contribution in [0, 0.1) is 11.6 Å². The summed E-state index contributed by atoms with van der Waals surface area (Å²) in [5.74, 6) is -4.15. The highest BCUT2D eigenvalue weighted by molar-refractivity contribution is 6.30. The van der Waals surface area contributed by atoms with Crippen molar-refractivity contribution in [3.8, 4) is 11.6 Å². The Kier molecular flexibility index (Phi) is 6.27. The molecule has 0 saturated carbocycles. The molecule has 2 N–H and O–H groups in total. The predicted molar refractivity (Wildman–Crippen MR) is 105 cm³/mol. The minimum Gasteiger partial charge on any atom is -0.478 e. The van der Waals surface area contributed by atoms with Crippen LogP contribution in [0.1, 0.15) is 39.2 Å². The van der Waals surface area contributed by atoms with Crippen LogP contribution in [0.3, 0.4) is 0 Å². The molecule has 9 heteroatoms. The van der Waals surface area contributed by atoms with Gasteiger partial charge in [-0.25, -0.2) is 18.6 Å². The molecule has 0 unspecified atom stereocenters. The van der Waals surface area contributed by atoms with Gasteiger partial charge in [0.25, 0.3) is 5.91 Å². The smallest absolute Gasteiger partial charge is 0.336 e. The third-order valence-corrected chi connectivity index (χ3v) is 4.37. The van der Waals surface area contributed by atoms with Crippen LogP contribution in [0.2, 0.25) is 5.02 Å². The van der Waals surface area contributed by atoms with Crippen molar-refractivity contribution in [2.75, 3.05) is 0 Å². The molecule has 2 aromatic carbocycles. The number of carboxylic acids is 1. The molecule has 1 amide bonds. The lowest BCUT2D eigenvalue weighted by atomic mass is 10.0. The van der Waals surface area contributed by atoms with Crippen molar-refractivity contribution in [1.82, 2.24) is 10.3 Å². The number of aromatic nitrogens is 1. The quantitative estimate of drug-likeness (QED) is 0.572. The largest absolute Gasteiger partial charge is 0.478 e. The second-order valence-corrected chi connectivity index (χ2v) is 6.71. The fourth-order valence-corrected chi connectivity index (χ4v) is 2.91. The Morgan fingerprint density at radius 3 is 2.60 bits per heavy atom. The fraction of sp³-hybridized carbons (Fsp3) is 0.0952. The van der Waals surface area contributed by atoms with Crippen molar-refractivity contribution < 1.29 is 28.2 Å². The van der Waals surface area contributed by atoms with E-state index in [-0.39, 0.29) is 22.0 Å². The number of aromatic carboxylic acids is 1. The van der Waals surface area contributed by atoms with E-state index in [0.717, 1.165) is 18.2 Å². The van der Waals surface area contributed by atoms with E-state index in [9.17, 15) is 23.5 Å². The minimum absolute atomic E-state index is 0.0350. The first-order chi connectivity index (χ1) is 14.3. The highest BCUT2D eigenvalue weighted by Crippen LogP contribution is 2.28. The molecule has 30 heavy (non-hydrogen) atoms. The Hall–Kier alpha value is -3.52. The highest BCUT2D eigenvalue weighted by Gasteiger charge is 2.22. The van der Waals surface area contributed by atoms with Gasteiger partial charge in [-0.05, 0) is 36.8 Å². The summed E-state index contributed by atoms with van der Waals surface area (Å²) in [6, 6.07) is 9.40. The number of amides is 1. The Balaban J connectivity index is 1.90. The van der Waals surface area contributed by atoms with Gasteiger partial charge < -0.3 is 15.2 Å². The van der Waals surface area contributed by atoms with E-state index in [1.807, 2.05) is 0 Å². The normalized spacial score (nSPS) is 11.6. The number of carboxylic acid groups (broad SMARTS) is 1. The van der Waals surface area contributed by atoms with Gasteiger partial charge in [0, 0.05) is 12.3 Å². The molecule has 1 atom stereocenters. The van der Waals surface area contributed by atoms with Gasteiger partial charge >= 0.3 is 5.97 Å². The van der Waals surface area contributed by atoms with Crippen molar-refractivity contribution >= 4 is 23.5 Å². The lowest BCUT2D eigenvalue weighted by molar-refractivity contribution is 0.0693. The van der Waals surface area contributed by atoms with Crippen LogP contribution in [0.5, 0.6) is 11.6 Å². The number of nitrogens with zero attached hydrogens (tertiary/aromatic N) is 1. The number of carbonyl (C=O) groups excluding carboxylic acids is 1. The maximum absolute atomic E-state index is 13.9. The summed E-state index contributed by atoms with van der Waals surface area (Å²) in [5, 5.41) is 12.1. The molecule has 0 saturated heterocycles. The van der Waals surface area contributed by atoms with Crippen molar-refractivity contribution in [2.45, 2.75) is 13.0 Å². The summed E-state index contributed by atoms with van der Waals surface area (Å²) in [6.45, 7) is 1.60. The van der Waals surface area contributed by atoms with Gasteiger partial charge in [0.15, 0.2) is 11.6 Å². The highest BCUT2D eigenvalue weighted by atomic mass is 35.5. The first-order valence-electron chi connectivity index (χ1n) is 8.67. The van der Waals surface area contributed by atoms with Gasteiger partial charge in [-0.1, -0.05) is 29.8 Å². The molecule has 0 aliphatic carbocycles. The number of benzene rings is 2. The lowest BCUT2D eigenvalue weighted by Gasteiger charge is -2.17. The zero-order valence-corrected chi connectivity index (χ0v) is 16.3. The number of rotatable bonds is 6. The number of ether oxygens (including phenoxy) is 1. The molecule has 1 heterocycles. The predicted octanol–water partition coefficient (Wildman–Crippen LogP) is 4.99. The molecule has 0 aliphatic heterocycles. The Morgan fingerprint density at radius 1 is 1.13 bits per heavy atom. The van der Waals surface area contributed by atoms with Gasteiger partial charge in [0.1, 0.15) is 11.4 Å². The first kappa shape index (κ1) is 21.2. The molecule has 0 aliphatic rings. The van der Waals surface area contributed by atoms with Crippen molar-refractivity contribution in [3.05, 3.63) is 88.1 Å². The van der Waals surface area contributed by atoms with Crippen LogP contribution >= 0.6 is 11.6 Å². The van der Waals surface area contributed by atoms with Crippen LogP contribution in [0.4, 0.5) is 8.78 Å². The van der Waals surface area contributed by atoms with E-state index in [1.54, 1.807) is 25.1 Å². The van der Waals surface area contributed by atoms with Gasteiger partial charge in [-0.2, -0.15) is 0 Å². The number of carbonyl (C=O) groups is 2. The maximum Gasteiger partial charge on any atom is 0.336 e. The second kappa shape index (κ2) is 8.87. The van der Waals surface area contributed by atoms with Gasteiger partial charge in [-0.3, -0.25) is 4.79 Å². The molecule has 3 rings (SSSR count). The molecule has 0 radical (unpaired) electrons. The monoisotopic (exact) mass is 432 g/mol. The lowest BCUT2D eigenvalue weighted by Crippen LogP contribution is -2.28. The number of nitrogens with one attached hydrogen (secondary N) is 1. The zero-order valence-electron chi connectivity index (χ0n) is 15.5. The zero-order chi connectivity index (χ0) is 21.8. The van der Waals surface area contributed by atoms with E-state index < -0.39 is 35.3 Å². The van der Waals surface area contributed by atoms with Gasteiger partial charge in [0.05, 0.1) is 16.6 Å². The van der Waals surface area contributed by atoms with Crippen LogP contribution in [-0.4, -0.2) is 22.0 Å². The van der Waals surface area contributed by atoms with Crippen LogP contribution < -0.4 is 10.1 Å². The van der Waals surface area contributed by atoms with Crippen LogP contribution in [0.15, 0.2) is 54.7 Å². The Labute approximate surface area is 175 Å². The maximum atomic E-state index is 13.9. The van der Waals surface area contributed by atoms with Crippen molar-refractivity contribution in [3.63, 3.8) is 0 Å². The van der Waals surface area contributed by atoms with Crippen LogP contribution in [-0.2, 0) is 0 Å². The Morgan fingerprint density at radius 2 is 1.87 bits per heavy atom. The van der Waals surface area contributed by atoms with Gasteiger partial charge in [0.2, 0.25) is 5.88 Å². The molecular formula is C21H15ClF2N2O4. The summed E-state index contributed by atoms with van der Waals surface area (Å²) in [5.41, 5.74) is 0.283. The second-order valence-electron chi connectivity index (χ2n) is 6.27. The van der Waals surface area contributed by atoms with Crippen molar-refractivity contribution in [1.29, 1.82) is 0 Å². The summed E-state index contributed by atoms with van der Waals surface area (Å²) < 4.78 is 32.6. The van der Waals surface area contributed by atoms with Crippen LogP contribution in [0.25, 0.3) is 0 Å². The SMILES string of the molecule is C[C@H](NC(=O)c1cc(Cl)cnc1Oc1cc(F)ccc1F)c1ccccc1C(=O)O. The number of halogens is 3. The molecular weight excluding hydrogens is 418 g/mol. The molecule has 3 aromatic rings. The molecule has 6 nitrogen and oxygen atoms in total. The molecule has 0 fully saturated rings. The number of hydrogen-bond donors (Lipinski definition) is 2. The van der Waals surface area contributed by atoms with E-state index in [0.29, 0.717) is 5.56 Å². The van der Waals surface area contributed by atoms with E-state index >= 15 is 0 Å². The van der Waals surface area contributed by atoms with E-state index in [1.165, 1.54) is 18.3 Å². The summed E-state index contributed by atoms with van der Waals surface area (Å²) >= 11 is 5.93. The summed E-state index contributed by atoms with van der Waals surface area (Å²) in [4.78, 5) is 28.1. The first-order valence-corrected chi connectivity index (χ1v) is 9.05. The molecule has 0 spiro atoms. The number of hydrogen-bond acceptors (Lipinski definition) is 4. The minimum atomic E-state index is -1.14. The van der Waals surface area contributed by atoms with Crippen molar-refractivity contribution in [2.24, 2.45) is 0 Å². The fourth-order valence-electron chi connectivity index (χ4n) is 2.75. The molecule has 1 aromatic heterocycles. The third kappa shape index (κ3) is 4.72. The van der Waals surface area contributed by atoms with E-state index in [4.69, 9.17) is 16.3 Å². The van der Waals surface area contributed by atoms with Gasteiger partial charge in [-0.15, -0.1) is 0 Å². The summed E-state index contributed by atoms with van der Waals surface area (Å²) in [7, 11) is 0. The summed E-state index contributed by atoms with van der Waals surface area (Å²) in [6.07, 6.45) is 1.19. The topological polar surface area (TPSA) is 88.5 Å². The van der Waals surface area contributed by atoms with E-state index in [2.05, 4.69) is 10.3 Å². The average Bonchev–Trinajstić information content (AvgIpc) is 2.71.